The van der Waals surface area contributed by atoms with Crippen molar-refractivity contribution in [2.45, 2.75) is 64.1 Å². The Morgan fingerprint density at radius 1 is 1.17 bits per heavy atom. The molecule has 0 saturated carbocycles. The fraction of sp³-hybridized carbons (Fsp3) is 0.542. The molecule has 0 unspecified atom stereocenters. The highest BCUT2D eigenvalue weighted by molar-refractivity contribution is 6.15. The first-order valence-corrected chi connectivity index (χ1v) is 11.9. The Morgan fingerprint density at radius 3 is 2.42 bits per heavy atom. The molecule has 1 aromatic rings. The molecule has 2 N–H and O–H groups in total. The zero-order valence-electron chi connectivity index (χ0n) is 20.9. The van der Waals surface area contributed by atoms with Crippen molar-refractivity contribution in [1.82, 2.24) is 15.3 Å². The number of carbonyl (C=O) groups is 5. The van der Waals surface area contributed by atoms with Crippen LogP contribution in [-0.2, 0) is 28.8 Å². The third-order valence-electron chi connectivity index (χ3n) is 6.71. The summed E-state index contributed by atoms with van der Waals surface area (Å²) in [4.78, 5) is 83.3. The summed E-state index contributed by atoms with van der Waals surface area (Å²) >= 11 is 0. The number of nitrogens with one attached hydrogen (secondary N) is 2. The van der Waals surface area contributed by atoms with Crippen LogP contribution in [-0.4, -0.2) is 70.7 Å². The smallest absolute Gasteiger partial charge is 0.310 e. The number of carbonyl (C=O) groups excluding carboxylic acids is 5. The van der Waals surface area contributed by atoms with E-state index in [0.29, 0.717) is 18.5 Å². The van der Waals surface area contributed by atoms with Gasteiger partial charge in [-0.25, -0.2) is 0 Å². The van der Waals surface area contributed by atoms with Crippen molar-refractivity contribution in [3.8, 4) is 0 Å². The van der Waals surface area contributed by atoms with Gasteiger partial charge in [0.25, 0.3) is 5.91 Å². The van der Waals surface area contributed by atoms with Gasteiger partial charge in [0.15, 0.2) is 5.78 Å². The van der Waals surface area contributed by atoms with Gasteiger partial charge < -0.3 is 10.2 Å². The van der Waals surface area contributed by atoms with E-state index in [0.717, 1.165) is 10.1 Å². The van der Waals surface area contributed by atoms with E-state index in [-0.39, 0.29) is 25.3 Å². The summed E-state index contributed by atoms with van der Waals surface area (Å²) in [6, 6.07) is 6.19. The highest BCUT2D eigenvalue weighted by Crippen LogP contribution is 2.31. The number of nitrogens with zero attached hydrogens (tertiary/aromatic N) is 3. The Balaban J connectivity index is 1.82. The maximum absolute atomic E-state index is 13.6. The molecule has 3 atom stereocenters. The van der Waals surface area contributed by atoms with Crippen LogP contribution in [0.25, 0.3) is 0 Å². The molecular weight excluding hydrogens is 470 g/mol. The third-order valence-corrected chi connectivity index (χ3v) is 6.71. The maximum Gasteiger partial charge on any atom is 0.310 e. The zero-order valence-corrected chi connectivity index (χ0v) is 20.9. The van der Waals surface area contributed by atoms with Crippen LogP contribution in [0.4, 0.5) is 5.69 Å². The van der Waals surface area contributed by atoms with E-state index in [9.17, 15) is 28.9 Å². The molecule has 2 aliphatic heterocycles. The average molecular weight is 503 g/mol. The van der Waals surface area contributed by atoms with E-state index in [1.54, 1.807) is 49.5 Å². The Kier molecular flexibility index (Phi) is 8.18. The SMILES string of the molecule is CON1C(=O)CCC(=O)[C@]1(C)C(=O)N1CCC[C@H]1C(=O)N[C@H](C(=O)N([NH+]=O)c1ccccc1)C(C)C. The molecule has 1 aromatic carbocycles. The van der Waals surface area contributed by atoms with Gasteiger partial charge in [-0.05, 0) is 42.8 Å². The monoisotopic (exact) mass is 502 g/mol. The van der Waals surface area contributed by atoms with Gasteiger partial charge in [0.05, 0.1) is 7.11 Å². The molecule has 0 spiro atoms. The first-order valence-electron chi connectivity index (χ1n) is 11.9. The van der Waals surface area contributed by atoms with Gasteiger partial charge in [0, 0.05) is 24.3 Å². The number of para-hydroxylation sites is 1. The normalized spacial score (nSPS) is 23.0. The van der Waals surface area contributed by atoms with Crippen molar-refractivity contribution in [2.24, 2.45) is 5.92 Å². The summed E-state index contributed by atoms with van der Waals surface area (Å²) in [6.45, 7) is 4.96. The lowest BCUT2D eigenvalue weighted by atomic mass is 9.86. The van der Waals surface area contributed by atoms with E-state index < -0.39 is 47.0 Å². The summed E-state index contributed by atoms with van der Waals surface area (Å²) in [7, 11) is 1.21. The number of piperidine rings is 1. The minimum absolute atomic E-state index is 0.0662. The average Bonchev–Trinajstić information content (AvgIpc) is 3.35. The third kappa shape index (κ3) is 4.85. The molecular formula is C24H32N5O7+. The van der Waals surface area contributed by atoms with Crippen molar-refractivity contribution in [1.29, 1.82) is 0 Å². The number of Topliss-reactive ketones (excluding diaryl/α,β-unsaturated/α-hetero) is 1. The van der Waals surface area contributed by atoms with Gasteiger partial charge in [-0.2, -0.15) is 5.06 Å². The minimum atomic E-state index is -1.89. The van der Waals surface area contributed by atoms with Gasteiger partial charge >= 0.3 is 5.91 Å². The summed E-state index contributed by atoms with van der Waals surface area (Å²) in [5.41, 5.74) is -1.58. The van der Waals surface area contributed by atoms with Crippen LogP contribution in [0.3, 0.4) is 0 Å². The summed E-state index contributed by atoms with van der Waals surface area (Å²) in [5, 5.41) is 5.91. The number of hydrogen-bond acceptors (Lipinski definition) is 7. The molecule has 194 valence electrons. The van der Waals surface area contributed by atoms with Gasteiger partial charge in [-0.15, -0.1) is 0 Å². The molecule has 2 saturated heterocycles. The van der Waals surface area contributed by atoms with Crippen molar-refractivity contribution >= 4 is 35.1 Å². The number of likely N-dealkylation sites (tertiary alicyclic amines) is 1. The number of hydroxylamine groups is 2. The van der Waals surface area contributed by atoms with E-state index in [1.807, 2.05) is 0 Å². The highest BCUT2D eigenvalue weighted by Gasteiger charge is 2.55. The maximum atomic E-state index is 13.6. The van der Waals surface area contributed by atoms with Gasteiger partial charge in [0.2, 0.25) is 17.4 Å². The van der Waals surface area contributed by atoms with E-state index in [4.69, 9.17) is 4.84 Å². The zero-order chi connectivity index (χ0) is 26.6. The number of ketones is 1. The van der Waals surface area contributed by atoms with Gasteiger partial charge in [0.1, 0.15) is 23.1 Å². The molecule has 2 heterocycles. The number of amides is 4. The van der Waals surface area contributed by atoms with Gasteiger partial charge in [-0.1, -0.05) is 32.0 Å². The largest absolute Gasteiger partial charge is 0.342 e. The lowest BCUT2D eigenvalue weighted by molar-refractivity contribution is -0.485. The second kappa shape index (κ2) is 10.9. The van der Waals surface area contributed by atoms with Crippen LogP contribution in [0.5, 0.6) is 0 Å². The number of nitroso groups, excluding NO2 is 1. The van der Waals surface area contributed by atoms with Gasteiger partial charge in [-0.3, -0.25) is 28.8 Å². The molecule has 0 aromatic heterocycles. The van der Waals surface area contributed by atoms with Crippen molar-refractivity contribution in [2.75, 3.05) is 18.7 Å². The second-order valence-electron chi connectivity index (χ2n) is 9.35. The van der Waals surface area contributed by atoms with Crippen molar-refractivity contribution in [3.63, 3.8) is 0 Å². The van der Waals surface area contributed by atoms with E-state index in [2.05, 4.69) is 5.32 Å². The Morgan fingerprint density at radius 2 is 1.83 bits per heavy atom. The molecule has 4 amide bonds. The standard InChI is InChI=1S/C24H31N5O7/c1-15(2)20(22(33)28(26-35)16-9-6-5-7-10-16)25-21(32)17-11-8-14-27(17)23(34)24(3)18(30)12-13-19(31)29(24)36-4/h5-7,9-10,15,17,20H,8,11-14H2,1-4H3,(H,25,32)/p+1/t17-,20-,24+/m0/s1. The molecule has 0 radical (unpaired) electrons. The van der Waals surface area contributed by atoms with Crippen LogP contribution in [0.1, 0.15) is 46.5 Å². The first kappa shape index (κ1) is 26.9. The molecule has 12 nitrogen and oxygen atoms in total. The second-order valence-corrected chi connectivity index (χ2v) is 9.35. The van der Waals surface area contributed by atoms with Crippen LogP contribution in [0.15, 0.2) is 30.3 Å². The Bertz CT molecular complexity index is 1050. The predicted octanol–water partition coefficient (Wildman–Crippen LogP) is -0.575. The summed E-state index contributed by atoms with van der Waals surface area (Å²) in [6.07, 6.45) is 0.633. The minimum Gasteiger partial charge on any atom is -0.342 e. The molecule has 12 heteroatoms. The number of hydrazine groups is 1. The van der Waals surface area contributed by atoms with Crippen LogP contribution >= 0.6 is 0 Å². The molecule has 0 aliphatic carbocycles. The lowest BCUT2D eigenvalue weighted by Crippen LogP contribution is -2.82. The molecule has 2 aliphatic rings. The Labute approximate surface area is 208 Å². The predicted molar refractivity (Wildman–Crippen MR) is 126 cm³/mol. The number of benzene rings is 1. The Hall–Kier alpha value is -3.67. The van der Waals surface area contributed by atoms with Crippen LogP contribution in [0.2, 0.25) is 0 Å². The molecule has 2 fully saturated rings. The lowest BCUT2D eigenvalue weighted by Gasteiger charge is -2.42. The topological polar surface area (TPSA) is 147 Å². The van der Waals surface area contributed by atoms with Crippen molar-refractivity contribution in [3.05, 3.63) is 35.2 Å². The number of hydrogen-bond donors (Lipinski definition) is 2. The quantitative estimate of drug-likeness (QED) is 0.357. The fourth-order valence-corrected chi connectivity index (χ4v) is 4.68. The van der Waals surface area contributed by atoms with Crippen molar-refractivity contribution < 1.29 is 34.1 Å². The summed E-state index contributed by atoms with van der Waals surface area (Å²) < 4.78 is 0. The fourth-order valence-electron chi connectivity index (χ4n) is 4.68. The molecule has 0 bridgehead atoms. The van der Waals surface area contributed by atoms with Crippen LogP contribution in [0, 0.1) is 10.8 Å². The van der Waals surface area contributed by atoms with E-state index >= 15 is 0 Å². The number of anilines is 1. The molecule has 3 rings (SSSR count). The molecule has 36 heavy (non-hydrogen) atoms. The highest BCUT2D eigenvalue weighted by atomic mass is 16.7. The number of rotatable bonds is 8. The first-order chi connectivity index (χ1) is 17.1. The summed E-state index contributed by atoms with van der Waals surface area (Å²) in [5.74, 6) is -3.32. The van der Waals surface area contributed by atoms with E-state index in [1.165, 1.54) is 18.9 Å². The van der Waals surface area contributed by atoms with Crippen LogP contribution < -0.4 is 15.6 Å².